The van der Waals surface area contributed by atoms with Gasteiger partial charge in [-0.15, -0.1) is 0 Å². The third-order valence-corrected chi connectivity index (χ3v) is 3.62. The maximum absolute atomic E-state index is 11.4. The van der Waals surface area contributed by atoms with Crippen LogP contribution in [0.15, 0.2) is 24.3 Å². The van der Waals surface area contributed by atoms with Crippen molar-refractivity contribution in [1.82, 2.24) is 0 Å². The van der Waals surface area contributed by atoms with Gasteiger partial charge in [0.15, 0.2) is 0 Å². The molecule has 1 aromatic rings. The molecule has 6 heteroatoms. The molecule has 0 aliphatic heterocycles. The fraction of sp³-hybridized carbons (Fsp3) is 0.125. The van der Waals surface area contributed by atoms with Crippen LogP contribution in [0.1, 0.15) is 0 Å². The summed E-state index contributed by atoms with van der Waals surface area (Å²) in [7, 11) is -3.84. The summed E-state index contributed by atoms with van der Waals surface area (Å²) in [4.78, 5) is 19.5. The predicted octanol–water partition coefficient (Wildman–Crippen LogP) is -0.0144. The van der Waals surface area contributed by atoms with Crippen LogP contribution in [-0.2, 0) is 9.36 Å². The van der Waals surface area contributed by atoms with E-state index in [1.807, 2.05) is 0 Å². The van der Waals surface area contributed by atoms with Gasteiger partial charge in [-0.25, -0.2) is 0 Å². The lowest BCUT2D eigenvalue weighted by Crippen LogP contribution is -2.28. The molecule has 0 heterocycles. The van der Waals surface area contributed by atoms with Crippen LogP contribution in [0.3, 0.4) is 0 Å². The van der Waals surface area contributed by atoms with Gasteiger partial charge in [0, 0.05) is 10.3 Å². The average molecular weight is 234 g/mol. The Hall–Kier alpha value is -0.830. The quantitative estimate of drug-likeness (QED) is 0.745. The van der Waals surface area contributed by atoms with Crippen molar-refractivity contribution in [3.05, 3.63) is 29.3 Å². The zero-order chi connectivity index (χ0) is 10.8. The number of carbonyl (C=O) groups is 1. The summed E-state index contributed by atoms with van der Waals surface area (Å²) < 4.78 is 11.4. The van der Waals surface area contributed by atoms with Crippen molar-refractivity contribution in [3.8, 4) is 0 Å². The molecule has 0 spiro atoms. The van der Waals surface area contributed by atoms with Crippen LogP contribution in [0, 0.1) is 0 Å². The molecule has 76 valence electrons. The SMILES string of the molecule is O=C([O-])CP(=O)(O)c1ccc(Cl)cc1. The number of rotatable bonds is 3. The predicted molar refractivity (Wildman–Crippen MR) is 50.8 cm³/mol. The van der Waals surface area contributed by atoms with Crippen LogP contribution in [0.25, 0.3) is 0 Å². The van der Waals surface area contributed by atoms with Gasteiger partial charge in [0.1, 0.15) is 0 Å². The van der Waals surface area contributed by atoms with Crippen LogP contribution < -0.4 is 10.4 Å². The van der Waals surface area contributed by atoms with Crippen LogP contribution in [0.5, 0.6) is 0 Å². The number of carboxylic acid groups (broad SMARTS) is 1. The second kappa shape index (κ2) is 4.13. The number of benzene rings is 1. The van der Waals surface area contributed by atoms with E-state index >= 15 is 0 Å². The molecule has 1 rings (SSSR count). The first kappa shape index (κ1) is 11.2. The fourth-order valence-electron chi connectivity index (χ4n) is 0.940. The first-order valence-electron chi connectivity index (χ1n) is 3.69. The maximum atomic E-state index is 11.4. The Kier molecular flexibility index (Phi) is 3.32. The Morgan fingerprint density at radius 3 is 2.36 bits per heavy atom. The molecule has 0 radical (unpaired) electrons. The molecule has 14 heavy (non-hydrogen) atoms. The molecule has 0 aromatic heterocycles. The van der Waals surface area contributed by atoms with E-state index in [9.17, 15) is 19.4 Å². The largest absolute Gasteiger partial charge is 0.550 e. The third kappa shape index (κ3) is 2.84. The molecule has 1 N–H and O–H groups in total. The van der Waals surface area contributed by atoms with Gasteiger partial charge in [-0.3, -0.25) is 4.57 Å². The van der Waals surface area contributed by atoms with Gasteiger partial charge in [-0.1, -0.05) is 11.6 Å². The van der Waals surface area contributed by atoms with Crippen molar-refractivity contribution in [1.29, 1.82) is 0 Å². The van der Waals surface area contributed by atoms with Crippen LogP contribution in [0.2, 0.25) is 5.02 Å². The van der Waals surface area contributed by atoms with Crippen molar-refractivity contribution in [2.75, 3.05) is 6.16 Å². The molecule has 0 aliphatic carbocycles. The Labute approximate surface area is 85.6 Å². The van der Waals surface area contributed by atoms with Gasteiger partial charge in [0.05, 0.1) is 12.1 Å². The Morgan fingerprint density at radius 2 is 1.93 bits per heavy atom. The first-order valence-corrected chi connectivity index (χ1v) is 5.92. The lowest BCUT2D eigenvalue weighted by atomic mass is 10.4. The highest BCUT2D eigenvalue weighted by Gasteiger charge is 2.20. The van der Waals surface area contributed by atoms with Crippen molar-refractivity contribution in [2.45, 2.75) is 0 Å². The van der Waals surface area contributed by atoms with Gasteiger partial charge >= 0.3 is 0 Å². The molecule has 0 saturated heterocycles. The molecule has 1 unspecified atom stereocenters. The number of hydrogen-bond acceptors (Lipinski definition) is 3. The summed E-state index contributed by atoms with van der Waals surface area (Å²) in [5.74, 6) is -1.55. The molecule has 0 saturated carbocycles. The summed E-state index contributed by atoms with van der Waals surface area (Å²) in [5.41, 5.74) is 0. The number of hydrogen-bond donors (Lipinski definition) is 1. The second-order valence-electron chi connectivity index (χ2n) is 2.71. The Bertz CT molecular complexity index is 387. The van der Waals surface area contributed by atoms with E-state index in [-0.39, 0.29) is 5.30 Å². The minimum atomic E-state index is -3.84. The zero-order valence-corrected chi connectivity index (χ0v) is 8.66. The topological polar surface area (TPSA) is 77.4 Å². The van der Waals surface area contributed by atoms with E-state index in [1.165, 1.54) is 24.3 Å². The summed E-state index contributed by atoms with van der Waals surface area (Å²) >= 11 is 5.57. The third-order valence-electron chi connectivity index (χ3n) is 1.57. The minimum absolute atomic E-state index is 0.0612. The van der Waals surface area contributed by atoms with Crippen LogP contribution >= 0.6 is 19.0 Å². The van der Waals surface area contributed by atoms with E-state index < -0.39 is 19.5 Å². The summed E-state index contributed by atoms with van der Waals surface area (Å²) in [5, 5.41) is 10.7. The number of carboxylic acids is 1. The molecular weight excluding hydrogens is 227 g/mol. The lowest BCUT2D eigenvalue weighted by molar-refractivity contribution is -0.301. The van der Waals surface area contributed by atoms with E-state index in [4.69, 9.17) is 11.6 Å². The number of carbonyl (C=O) groups excluding carboxylic acids is 1. The summed E-state index contributed by atoms with van der Waals surface area (Å²) in [6.07, 6.45) is -0.880. The molecule has 0 amide bonds. The molecule has 0 fully saturated rings. The standard InChI is InChI=1S/C8H8ClO4P/c9-6-1-3-7(4-2-6)14(12,13)5-8(10)11/h1-4H,5H2,(H,10,11)(H,12,13)/p-1. The zero-order valence-electron chi connectivity index (χ0n) is 7.01. The highest BCUT2D eigenvalue weighted by atomic mass is 35.5. The van der Waals surface area contributed by atoms with Gasteiger partial charge in [-0.2, -0.15) is 0 Å². The smallest absolute Gasteiger partial charge is 0.235 e. The van der Waals surface area contributed by atoms with Gasteiger partial charge in [0.2, 0.25) is 7.37 Å². The van der Waals surface area contributed by atoms with Crippen molar-refractivity contribution < 1.29 is 19.4 Å². The molecule has 0 aliphatic rings. The van der Waals surface area contributed by atoms with Crippen molar-refractivity contribution in [3.63, 3.8) is 0 Å². The maximum Gasteiger partial charge on any atom is 0.235 e. The highest BCUT2D eigenvalue weighted by molar-refractivity contribution is 7.66. The van der Waals surface area contributed by atoms with Crippen LogP contribution in [-0.4, -0.2) is 17.0 Å². The van der Waals surface area contributed by atoms with Gasteiger partial charge in [0.25, 0.3) is 0 Å². The normalized spacial score (nSPS) is 14.7. The fourth-order valence-corrected chi connectivity index (χ4v) is 2.21. The second-order valence-corrected chi connectivity index (χ2v) is 5.38. The lowest BCUT2D eigenvalue weighted by Gasteiger charge is -2.11. The molecule has 4 nitrogen and oxygen atoms in total. The van der Waals surface area contributed by atoms with E-state index in [0.29, 0.717) is 5.02 Å². The molecule has 1 aromatic carbocycles. The van der Waals surface area contributed by atoms with E-state index in [0.717, 1.165) is 0 Å². The van der Waals surface area contributed by atoms with Crippen molar-refractivity contribution in [2.24, 2.45) is 0 Å². The first-order chi connectivity index (χ1) is 6.42. The van der Waals surface area contributed by atoms with Crippen molar-refractivity contribution >= 4 is 30.2 Å². The number of aliphatic carboxylic acids is 1. The summed E-state index contributed by atoms with van der Waals surface area (Å²) in [6.45, 7) is 0. The highest BCUT2D eigenvalue weighted by Crippen LogP contribution is 2.38. The molecule has 0 bridgehead atoms. The van der Waals surface area contributed by atoms with E-state index in [1.54, 1.807) is 0 Å². The van der Waals surface area contributed by atoms with Crippen LogP contribution in [0.4, 0.5) is 0 Å². The molecule has 1 atom stereocenters. The van der Waals surface area contributed by atoms with Gasteiger partial charge in [-0.05, 0) is 24.3 Å². The molecular formula is C8H7ClO4P-. The Morgan fingerprint density at radius 1 is 1.43 bits per heavy atom. The van der Waals surface area contributed by atoms with Gasteiger partial charge < -0.3 is 14.8 Å². The monoisotopic (exact) mass is 233 g/mol. The van der Waals surface area contributed by atoms with E-state index in [2.05, 4.69) is 0 Å². The summed E-state index contributed by atoms with van der Waals surface area (Å²) in [6, 6.07) is 5.50. The average Bonchev–Trinajstić information content (AvgIpc) is 2.02. The Balaban J connectivity index is 2.98. The number of halogens is 1. The minimum Gasteiger partial charge on any atom is -0.550 e.